The maximum atomic E-state index is 13.9. The largest absolute Gasteiger partial charge is 0.326 e. The first-order chi connectivity index (χ1) is 16.3. The van der Waals surface area contributed by atoms with Gasteiger partial charge >= 0.3 is 0 Å². The van der Waals surface area contributed by atoms with Crippen LogP contribution >= 0.6 is 0 Å². The first-order valence-electron chi connectivity index (χ1n) is 11.3. The number of nitrogens with one attached hydrogen (secondary N) is 2. The van der Waals surface area contributed by atoms with E-state index in [0.717, 1.165) is 5.56 Å². The summed E-state index contributed by atoms with van der Waals surface area (Å²) in [6, 6.07) is 20.0. The van der Waals surface area contributed by atoms with Crippen LogP contribution in [0.1, 0.15) is 24.0 Å². The molecule has 0 saturated carbocycles. The number of likely N-dealkylation sites (tertiary alicyclic amines) is 1. The van der Waals surface area contributed by atoms with E-state index in [0.29, 0.717) is 49.4 Å². The number of aryl methyl sites for hydroxylation is 1. The summed E-state index contributed by atoms with van der Waals surface area (Å²) in [6.07, 6.45) is 1.38. The number of carbonyl (C=O) groups excluding carboxylic acids is 1. The van der Waals surface area contributed by atoms with Gasteiger partial charge in [-0.3, -0.25) is 14.4 Å². The van der Waals surface area contributed by atoms with Crippen LogP contribution in [0.15, 0.2) is 77.7 Å². The van der Waals surface area contributed by atoms with Crippen molar-refractivity contribution in [1.82, 2.24) is 4.90 Å². The Morgan fingerprint density at radius 3 is 2.21 bits per heavy atom. The van der Waals surface area contributed by atoms with Crippen molar-refractivity contribution < 1.29 is 17.6 Å². The molecule has 0 radical (unpaired) electrons. The Hall–Kier alpha value is -3.23. The Morgan fingerprint density at radius 1 is 0.941 bits per heavy atom. The van der Waals surface area contributed by atoms with Gasteiger partial charge in [-0.05, 0) is 75.3 Å². The SMILES string of the molecule is Cc1ccc(NS(=O)(=O)c2ccc(NC(=O)C3CCN(Cc4ccccc4F)CC3)cc2)cc1. The lowest BCUT2D eigenvalue weighted by Crippen LogP contribution is -2.37. The number of nitrogens with zero attached hydrogens (tertiary/aromatic N) is 1. The van der Waals surface area contributed by atoms with E-state index in [-0.39, 0.29) is 22.5 Å². The van der Waals surface area contributed by atoms with Gasteiger partial charge in [0.25, 0.3) is 10.0 Å². The second-order valence-corrected chi connectivity index (χ2v) is 10.3. The summed E-state index contributed by atoms with van der Waals surface area (Å²) < 4.78 is 41.7. The highest BCUT2D eigenvalue weighted by molar-refractivity contribution is 7.92. The van der Waals surface area contributed by atoms with Crippen LogP contribution in [0.2, 0.25) is 0 Å². The number of rotatable bonds is 7. The van der Waals surface area contributed by atoms with Gasteiger partial charge in [0.2, 0.25) is 5.91 Å². The Morgan fingerprint density at radius 2 is 1.56 bits per heavy atom. The van der Waals surface area contributed by atoms with Gasteiger partial charge in [0.15, 0.2) is 0 Å². The molecule has 4 rings (SSSR count). The minimum absolute atomic E-state index is 0.0843. The second kappa shape index (κ2) is 10.4. The molecule has 1 aliphatic heterocycles. The molecule has 0 unspecified atom stereocenters. The molecule has 0 aliphatic carbocycles. The highest BCUT2D eigenvalue weighted by Gasteiger charge is 2.25. The first-order valence-corrected chi connectivity index (χ1v) is 12.7. The molecule has 1 amide bonds. The van der Waals surface area contributed by atoms with Crippen molar-refractivity contribution in [2.24, 2.45) is 5.92 Å². The third kappa shape index (κ3) is 6.01. The summed E-state index contributed by atoms with van der Waals surface area (Å²) in [7, 11) is -3.72. The van der Waals surface area contributed by atoms with Crippen molar-refractivity contribution in [3.05, 3.63) is 89.7 Å². The lowest BCUT2D eigenvalue weighted by Gasteiger charge is -2.31. The van der Waals surface area contributed by atoms with Crippen LogP contribution in [0.25, 0.3) is 0 Å². The standard InChI is InChI=1S/C26H28FN3O3S/c1-19-6-8-23(9-7-19)29-34(32,33)24-12-10-22(11-13-24)28-26(31)20-14-16-30(17-15-20)18-21-4-2-3-5-25(21)27/h2-13,20,29H,14-18H2,1H3,(H,28,31). The molecule has 3 aromatic carbocycles. The fraction of sp³-hybridized carbons (Fsp3) is 0.269. The van der Waals surface area contributed by atoms with Crippen LogP contribution in [-0.2, 0) is 21.4 Å². The number of hydrogen-bond acceptors (Lipinski definition) is 4. The molecule has 0 atom stereocenters. The number of amides is 1. The molecule has 1 fully saturated rings. The summed E-state index contributed by atoms with van der Waals surface area (Å²) >= 11 is 0. The zero-order valence-electron chi connectivity index (χ0n) is 19.0. The molecule has 1 aliphatic rings. The van der Waals surface area contributed by atoms with Crippen molar-refractivity contribution >= 4 is 27.3 Å². The van der Waals surface area contributed by atoms with Crippen LogP contribution in [0.4, 0.5) is 15.8 Å². The molecule has 0 bridgehead atoms. The summed E-state index contributed by atoms with van der Waals surface area (Å²) in [5, 5.41) is 2.89. The maximum absolute atomic E-state index is 13.9. The molecular weight excluding hydrogens is 453 g/mol. The van der Waals surface area contributed by atoms with E-state index in [2.05, 4.69) is 14.9 Å². The van der Waals surface area contributed by atoms with E-state index in [1.165, 1.54) is 18.2 Å². The Balaban J connectivity index is 1.30. The highest BCUT2D eigenvalue weighted by atomic mass is 32.2. The Bertz CT molecular complexity index is 1240. The fourth-order valence-electron chi connectivity index (χ4n) is 4.02. The third-order valence-electron chi connectivity index (χ3n) is 6.05. The van der Waals surface area contributed by atoms with E-state index >= 15 is 0 Å². The number of hydrogen-bond donors (Lipinski definition) is 2. The lowest BCUT2D eigenvalue weighted by atomic mass is 9.95. The van der Waals surface area contributed by atoms with Gasteiger partial charge in [-0.2, -0.15) is 0 Å². The number of piperidine rings is 1. The molecule has 178 valence electrons. The molecule has 2 N–H and O–H groups in total. The topological polar surface area (TPSA) is 78.5 Å². The van der Waals surface area contributed by atoms with E-state index in [4.69, 9.17) is 0 Å². The van der Waals surface area contributed by atoms with Crippen molar-refractivity contribution in [1.29, 1.82) is 0 Å². The molecule has 34 heavy (non-hydrogen) atoms. The summed E-state index contributed by atoms with van der Waals surface area (Å²) in [5.41, 5.74) is 2.74. The minimum Gasteiger partial charge on any atom is -0.326 e. The Labute approximate surface area is 199 Å². The quantitative estimate of drug-likeness (QED) is 0.509. The third-order valence-corrected chi connectivity index (χ3v) is 7.44. The highest BCUT2D eigenvalue weighted by Crippen LogP contribution is 2.23. The van der Waals surface area contributed by atoms with Gasteiger partial charge in [-0.15, -0.1) is 0 Å². The van der Waals surface area contributed by atoms with Gasteiger partial charge in [0.05, 0.1) is 4.90 Å². The van der Waals surface area contributed by atoms with Crippen LogP contribution in [0, 0.1) is 18.7 Å². The molecule has 8 heteroatoms. The number of anilines is 2. The van der Waals surface area contributed by atoms with Gasteiger partial charge in [0.1, 0.15) is 5.82 Å². The van der Waals surface area contributed by atoms with E-state index in [1.54, 1.807) is 36.4 Å². The molecule has 0 spiro atoms. The van der Waals surface area contributed by atoms with Crippen molar-refractivity contribution in [2.75, 3.05) is 23.1 Å². The van der Waals surface area contributed by atoms with Crippen LogP contribution in [-0.4, -0.2) is 32.3 Å². The van der Waals surface area contributed by atoms with Crippen LogP contribution < -0.4 is 10.0 Å². The van der Waals surface area contributed by atoms with Crippen molar-refractivity contribution in [2.45, 2.75) is 31.2 Å². The van der Waals surface area contributed by atoms with Crippen LogP contribution in [0.3, 0.4) is 0 Å². The maximum Gasteiger partial charge on any atom is 0.261 e. The number of sulfonamides is 1. The average molecular weight is 482 g/mol. The predicted molar refractivity (Wildman–Crippen MR) is 131 cm³/mol. The van der Waals surface area contributed by atoms with Crippen LogP contribution in [0.5, 0.6) is 0 Å². The number of benzene rings is 3. The Kier molecular flexibility index (Phi) is 7.29. The van der Waals surface area contributed by atoms with Crippen molar-refractivity contribution in [3.63, 3.8) is 0 Å². The smallest absolute Gasteiger partial charge is 0.261 e. The normalized spacial score (nSPS) is 15.1. The first kappa shape index (κ1) is 23.9. The summed E-state index contributed by atoms with van der Waals surface area (Å²) in [6.45, 7) is 3.90. The lowest BCUT2D eigenvalue weighted by molar-refractivity contribution is -0.121. The number of halogens is 1. The molecule has 3 aromatic rings. The fourth-order valence-corrected chi connectivity index (χ4v) is 5.08. The van der Waals surface area contributed by atoms with E-state index in [1.807, 2.05) is 25.1 Å². The zero-order chi connectivity index (χ0) is 24.1. The summed E-state index contributed by atoms with van der Waals surface area (Å²) in [5.74, 6) is -0.427. The van der Waals surface area contributed by atoms with E-state index < -0.39 is 10.0 Å². The van der Waals surface area contributed by atoms with Gasteiger partial charge in [-0.1, -0.05) is 35.9 Å². The molecule has 6 nitrogen and oxygen atoms in total. The molecule has 1 heterocycles. The molecular formula is C26H28FN3O3S. The molecule has 1 saturated heterocycles. The summed E-state index contributed by atoms with van der Waals surface area (Å²) in [4.78, 5) is 15.0. The zero-order valence-corrected chi connectivity index (χ0v) is 19.8. The van der Waals surface area contributed by atoms with Gasteiger partial charge < -0.3 is 5.32 Å². The predicted octanol–water partition coefficient (Wildman–Crippen LogP) is 4.79. The monoisotopic (exact) mass is 481 g/mol. The second-order valence-electron chi connectivity index (χ2n) is 8.63. The number of carbonyl (C=O) groups is 1. The average Bonchev–Trinajstić information content (AvgIpc) is 2.83. The minimum atomic E-state index is -3.72. The molecule has 0 aromatic heterocycles. The van der Waals surface area contributed by atoms with Gasteiger partial charge in [-0.25, -0.2) is 12.8 Å². The van der Waals surface area contributed by atoms with Gasteiger partial charge in [0, 0.05) is 29.4 Å². The van der Waals surface area contributed by atoms with E-state index in [9.17, 15) is 17.6 Å². The van der Waals surface area contributed by atoms with Crippen molar-refractivity contribution in [3.8, 4) is 0 Å².